The van der Waals surface area contributed by atoms with Crippen molar-refractivity contribution in [3.63, 3.8) is 0 Å². The minimum atomic E-state index is -0.624. The molecule has 0 atom stereocenters. The number of amides is 1. The van der Waals surface area contributed by atoms with Crippen LogP contribution in [0.15, 0.2) is 22.6 Å². The van der Waals surface area contributed by atoms with Crippen molar-refractivity contribution >= 4 is 17.5 Å². The van der Waals surface area contributed by atoms with E-state index in [1.165, 1.54) is 18.2 Å². The fraction of sp³-hybridized carbons (Fsp3) is 0.444. The van der Waals surface area contributed by atoms with Gasteiger partial charge in [-0.05, 0) is 25.5 Å². The molecule has 0 fully saturated rings. The molecule has 130 valence electrons. The number of oxazole rings is 1. The van der Waals surface area contributed by atoms with Crippen LogP contribution in [-0.4, -0.2) is 17.4 Å². The first kappa shape index (κ1) is 18.5. The van der Waals surface area contributed by atoms with Crippen molar-refractivity contribution in [1.82, 2.24) is 10.3 Å². The molecular weight excluding hydrogens is 331 g/mol. The van der Waals surface area contributed by atoms with Crippen LogP contribution in [0.3, 0.4) is 0 Å². The van der Waals surface area contributed by atoms with E-state index in [2.05, 4.69) is 10.3 Å². The summed E-state index contributed by atoms with van der Waals surface area (Å²) in [6, 6.07) is 4.17. The van der Waals surface area contributed by atoms with Crippen molar-refractivity contribution in [1.29, 1.82) is 0 Å². The van der Waals surface area contributed by atoms with Gasteiger partial charge in [0.25, 0.3) is 5.91 Å². The SMILES string of the molecule is Cc1nc(C(C)(C)C)oc1CCCNC(=O)c1c(F)cccc1Cl. The van der Waals surface area contributed by atoms with Gasteiger partial charge < -0.3 is 9.73 Å². The average molecular weight is 353 g/mol. The van der Waals surface area contributed by atoms with Crippen LogP contribution < -0.4 is 5.32 Å². The topological polar surface area (TPSA) is 55.1 Å². The Balaban J connectivity index is 1.90. The summed E-state index contributed by atoms with van der Waals surface area (Å²) >= 11 is 5.88. The monoisotopic (exact) mass is 352 g/mol. The predicted molar refractivity (Wildman–Crippen MR) is 92.0 cm³/mol. The highest BCUT2D eigenvalue weighted by Crippen LogP contribution is 2.24. The average Bonchev–Trinajstić information content (AvgIpc) is 2.85. The third-order valence-corrected chi connectivity index (χ3v) is 3.91. The van der Waals surface area contributed by atoms with E-state index in [0.29, 0.717) is 25.3 Å². The van der Waals surface area contributed by atoms with Gasteiger partial charge in [0.05, 0.1) is 16.3 Å². The molecule has 2 aromatic rings. The Morgan fingerprint density at radius 2 is 2.08 bits per heavy atom. The summed E-state index contributed by atoms with van der Waals surface area (Å²) in [7, 11) is 0. The van der Waals surface area contributed by atoms with Gasteiger partial charge in [-0.2, -0.15) is 0 Å². The van der Waals surface area contributed by atoms with Gasteiger partial charge in [-0.3, -0.25) is 4.79 Å². The maximum Gasteiger partial charge on any atom is 0.255 e. The third kappa shape index (κ3) is 4.35. The van der Waals surface area contributed by atoms with Gasteiger partial charge in [0.2, 0.25) is 0 Å². The molecule has 0 aliphatic rings. The Hall–Kier alpha value is -1.88. The standard InChI is InChI=1S/C18H22ClFN2O2/c1-11-14(24-17(22-11)18(2,3)4)9-6-10-21-16(23)15-12(19)7-5-8-13(15)20/h5,7-8H,6,9-10H2,1-4H3,(H,21,23). The van der Waals surface area contributed by atoms with Gasteiger partial charge in [0, 0.05) is 18.4 Å². The number of nitrogens with zero attached hydrogens (tertiary/aromatic N) is 1. The Kier molecular flexibility index (Phi) is 5.65. The molecule has 1 aromatic carbocycles. The molecule has 0 bridgehead atoms. The lowest BCUT2D eigenvalue weighted by atomic mass is 9.97. The van der Waals surface area contributed by atoms with Gasteiger partial charge in [0.15, 0.2) is 5.89 Å². The minimum Gasteiger partial charge on any atom is -0.445 e. The fourth-order valence-corrected chi connectivity index (χ4v) is 2.48. The van der Waals surface area contributed by atoms with Crippen LogP contribution >= 0.6 is 11.6 Å². The lowest BCUT2D eigenvalue weighted by Crippen LogP contribution is -2.26. The first-order valence-corrected chi connectivity index (χ1v) is 8.27. The lowest BCUT2D eigenvalue weighted by Gasteiger charge is -2.12. The number of hydrogen-bond donors (Lipinski definition) is 1. The van der Waals surface area contributed by atoms with Crippen molar-refractivity contribution in [3.8, 4) is 0 Å². The molecular formula is C18H22ClFN2O2. The first-order chi connectivity index (χ1) is 11.2. The van der Waals surface area contributed by atoms with E-state index in [-0.39, 0.29) is 16.0 Å². The second-order valence-corrected chi connectivity index (χ2v) is 7.14. The Morgan fingerprint density at radius 1 is 1.38 bits per heavy atom. The molecule has 1 heterocycles. The van der Waals surface area contributed by atoms with Crippen LogP contribution in [0, 0.1) is 12.7 Å². The van der Waals surface area contributed by atoms with Crippen LogP contribution in [0.5, 0.6) is 0 Å². The normalized spacial score (nSPS) is 11.6. The highest BCUT2D eigenvalue weighted by atomic mass is 35.5. The summed E-state index contributed by atoms with van der Waals surface area (Å²) in [5.41, 5.74) is 0.604. The molecule has 1 amide bonds. The molecule has 24 heavy (non-hydrogen) atoms. The first-order valence-electron chi connectivity index (χ1n) is 7.89. The summed E-state index contributed by atoms with van der Waals surface area (Å²) in [4.78, 5) is 16.5. The molecule has 0 radical (unpaired) electrons. The highest BCUT2D eigenvalue weighted by Gasteiger charge is 2.22. The molecule has 1 N–H and O–H groups in total. The number of carbonyl (C=O) groups excluding carboxylic acids is 1. The Bertz CT molecular complexity index is 715. The molecule has 1 aromatic heterocycles. The van der Waals surface area contributed by atoms with E-state index in [4.69, 9.17) is 16.0 Å². The maximum atomic E-state index is 13.7. The number of rotatable bonds is 5. The van der Waals surface area contributed by atoms with Crippen molar-refractivity contribution in [2.24, 2.45) is 0 Å². The maximum absolute atomic E-state index is 13.7. The summed E-state index contributed by atoms with van der Waals surface area (Å²) in [5.74, 6) is 0.388. The van der Waals surface area contributed by atoms with Gasteiger partial charge in [0.1, 0.15) is 11.6 Å². The lowest BCUT2D eigenvalue weighted by molar-refractivity contribution is 0.0949. The van der Waals surface area contributed by atoms with Crippen molar-refractivity contribution < 1.29 is 13.6 Å². The zero-order valence-electron chi connectivity index (χ0n) is 14.4. The van der Waals surface area contributed by atoms with Crippen LogP contribution in [-0.2, 0) is 11.8 Å². The number of carbonyl (C=O) groups is 1. The van der Waals surface area contributed by atoms with Crippen LogP contribution in [0.25, 0.3) is 0 Å². The third-order valence-electron chi connectivity index (χ3n) is 3.59. The second kappa shape index (κ2) is 7.34. The summed E-state index contributed by atoms with van der Waals surface area (Å²) in [6.07, 6.45) is 1.32. The molecule has 0 aliphatic carbocycles. The molecule has 0 spiro atoms. The van der Waals surface area contributed by atoms with Gasteiger partial charge in [-0.1, -0.05) is 38.4 Å². The van der Waals surface area contributed by atoms with Crippen molar-refractivity contribution in [3.05, 3.63) is 51.9 Å². The van der Waals surface area contributed by atoms with Crippen LogP contribution in [0.2, 0.25) is 5.02 Å². The van der Waals surface area contributed by atoms with E-state index >= 15 is 0 Å². The van der Waals surface area contributed by atoms with Gasteiger partial charge >= 0.3 is 0 Å². The fourth-order valence-electron chi connectivity index (χ4n) is 2.23. The summed E-state index contributed by atoms with van der Waals surface area (Å²) in [5, 5.41) is 2.79. The molecule has 0 aliphatic heterocycles. The van der Waals surface area contributed by atoms with E-state index in [1.54, 1.807) is 0 Å². The molecule has 2 rings (SSSR count). The second-order valence-electron chi connectivity index (χ2n) is 6.73. The number of aromatic nitrogens is 1. The summed E-state index contributed by atoms with van der Waals surface area (Å²) in [6.45, 7) is 8.43. The van der Waals surface area contributed by atoms with Gasteiger partial charge in [-0.15, -0.1) is 0 Å². The van der Waals surface area contributed by atoms with Crippen LogP contribution in [0.1, 0.15) is 54.9 Å². The zero-order chi connectivity index (χ0) is 17.9. The van der Waals surface area contributed by atoms with E-state index < -0.39 is 11.7 Å². The smallest absolute Gasteiger partial charge is 0.255 e. The summed E-state index contributed by atoms with van der Waals surface area (Å²) < 4.78 is 19.5. The zero-order valence-corrected chi connectivity index (χ0v) is 15.1. The van der Waals surface area contributed by atoms with Gasteiger partial charge in [-0.25, -0.2) is 9.37 Å². The molecule has 0 saturated heterocycles. The van der Waals surface area contributed by atoms with Crippen LogP contribution in [0.4, 0.5) is 4.39 Å². The molecule has 6 heteroatoms. The van der Waals surface area contributed by atoms with E-state index in [9.17, 15) is 9.18 Å². The predicted octanol–water partition coefficient (Wildman–Crippen LogP) is 4.44. The van der Waals surface area contributed by atoms with E-state index in [0.717, 1.165) is 11.5 Å². The number of halogens is 2. The number of nitrogens with one attached hydrogen (secondary N) is 1. The number of benzene rings is 1. The largest absolute Gasteiger partial charge is 0.445 e. The number of aryl methyl sites for hydroxylation is 2. The van der Waals surface area contributed by atoms with E-state index in [1.807, 2.05) is 27.7 Å². The van der Waals surface area contributed by atoms with Crippen molar-refractivity contribution in [2.45, 2.75) is 46.0 Å². The quantitative estimate of drug-likeness (QED) is 0.809. The van der Waals surface area contributed by atoms with Crippen molar-refractivity contribution in [2.75, 3.05) is 6.54 Å². The molecule has 0 saturated carbocycles. The Morgan fingerprint density at radius 3 is 2.67 bits per heavy atom. The highest BCUT2D eigenvalue weighted by molar-refractivity contribution is 6.33. The minimum absolute atomic E-state index is 0.105. The Labute approximate surface area is 146 Å². The molecule has 4 nitrogen and oxygen atoms in total. The molecule has 0 unspecified atom stereocenters. The number of hydrogen-bond acceptors (Lipinski definition) is 3.